The summed E-state index contributed by atoms with van der Waals surface area (Å²) in [4.78, 5) is 32.4. The van der Waals surface area contributed by atoms with Gasteiger partial charge in [0.05, 0.1) is 33.4 Å². The monoisotopic (exact) mass is 627 g/mol. The van der Waals surface area contributed by atoms with Gasteiger partial charge in [0.2, 0.25) is 0 Å². The van der Waals surface area contributed by atoms with Crippen LogP contribution < -0.4 is 24.9 Å². The maximum atomic E-state index is 13.7. The van der Waals surface area contributed by atoms with E-state index in [4.69, 9.17) is 9.15 Å². The zero-order chi connectivity index (χ0) is 25.4. The van der Waals surface area contributed by atoms with Crippen LogP contribution in [0.5, 0.6) is 5.75 Å². The molecule has 2 aromatic heterocycles. The van der Waals surface area contributed by atoms with Gasteiger partial charge < -0.3 is 14.5 Å². The minimum absolute atomic E-state index is 0.263. The van der Waals surface area contributed by atoms with Crippen LogP contribution in [0.15, 0.2) is 95.3 Å². The first-order valence-corrected chi connectivity index (χ1v) is 13.2. The lowest BCUT2D eigenvalue weighted by molar-refractivity contribution is -0.113. The number of carbonyl (C=O) groups excluding carboxylic acids is 1. The summed E-state index contributed by atoms with van der Waals surface area (Å²) in [6.45, 7) is 1.79. The summed E-state index contributed by atoms with van der Waals surface area (Å²) in [5.74, 6) is 0.866. The SMILES string of the molecule is COc1ccc(C2C(C(=O)Nc3ccccc3)=C(C)N=c3s/c(=C/c4cc(Br)c(Br)o4)c(=O)n32)cc1. The summed E-state index contributed by atoms with van der Waals surface area (Å²) >= 11 is 7.96. The van der Waals surface area contributed by atoms with Gasteiger partial charge in [-0.25, -0.2) is 4.99 Å². The quantitative estimate of drug-likeness (QED) is 0.337. The van der Waals surface area contributed by atoms with Crippen molar-refractivity contribution in [1.29, 1.82) is 0 Å². The van der Waals surface area contributed by atoms with Crippen molar-refractivity contribution in [2.45, 2.75) is 13.0 Å². The topological polar surface area (TPSA) is 85.8 Å². The maximum absolute atomic E-state index is 13.7. The molecule has 0 spiro atoms. The highest BCUT2D eigenvalue weighted by Gasteiger charge is 2.32. The lowest BCUT2D eigenvalue weighted by Crippen LogP contribution is -2.40. The van der Waals surface area contributed by atoms with Crippen molar-refractivity contribution in [1.82, 2.24) is 4.57 Å². The number of methoxy groups -OCH3 is 1. The molecule has 36 heavy (non-hydrogen) atoms. The summed E-state index contributed by atoms with van der Waals surface area (Å²) in [6, 6.07) is 17.6. The fraction of sp³-hybridized carbons (Fsp3) is 0.115. The lowest BCUT2D eigenvalue weighted by Gasteiger charge is -2.25. The van der Waals surface area contributed by atoms with Crippen molar-refractivity contribution in [3.05, 3.63) is 112 Å². The zero-order valence-electron chi connectivity index (χ0n) is 19.1. The largest absolute Gasteiger partial charge is 0.497 e. The predicted molar refractivity (Wildman–Crippen MR) is 146 cm³/mol. The summed E-state index contributed by atoms with van der Waals surface area (Å²) in [6.07, 6.45) is 1.67. The molecule has 4 aromatic rings. The molecule has 3 heterocycles. The molecule has 0 aliphatic carbocycles. The lowest BCUT2D eigenvalue weighted by atomic mass is 9.95. The first kappa shape index (κ1) is 24.5. The molecule has 2 aromatic carbocycles. The van der Waals surface area contributed by atoms with Crippen LogP contribution in [0.2, 0.25) is 0 Å². The van der Waals surface area contributed by atoms with Crippen LogP contribution in [0.4, 0.5) is 5.69 Å². The molecule has 0 saturated carbocycles. The minimum Gasteiger partial charge on any atom is -0.497 e. The number of halogens is 2. The summed E-state index contributed by atoms with van der Waals surface area (Å²) in [5, 5.41) is 2.94. The maximum Gasteiger partial charge on any atom is 0.271 e. The Balaban J connectivity index is 1.67. The highest BCUT2D eigenvalue weighted by molar-refractivity contribution is 9.13. The average molecular weight is 629 g/mol. The number of nitrogens with one attached hydrogen (secondary N) is 1. The van der Waals surface area contributed by atoms with Crippen molar-refractivity contribution in [2.24, 2.45) is 4.99 Å². The number of amides is 1. The van der Waals surface area contributed by atoms with E-state index in [2.05, 4.69) is 42.2 Å². The van der Waals surface area contributed by atoms with Gasteiger partial charge in [-0.3, -0.25) is 14.2 Å². The Labute approximate surface area is 226 Å². The molecule has 7 nitrogen and oxygen atoms in total. The van der Waals surface area contributed by atoms with Crippen LogP contribution >= 0.6 is 43.2 Å². The normalized spacial score (nSPS) is 15.4. The highest BCUT2D eigenvalue weighted by Crippen LogP contribution is 2.32. The zero-order valence-corrected chi connectivity index (χ0v) is 23.1. The van der Waals surface area contributed by atoms with Crippen molar-refractivity contribution < 1.29 is 13.9 Å². The second-order valence-corrected chi connectivity index (χ2v) is 10.5. The molecule has 1 aliphatic rings. The number of carbonyl (C=O) groups is 1. The molecule has 0 fully saturated rings. The van der Waals surface area contributed by atoms with E-state index >= 15 is 0 Å². The Bertz CT molecular complexity index is 1650. The highest BCUT2D eigenvalue weighted by atomic mass is 79.9. The second kappa shape index (κ2) is 10.0. The van der Waals surface area contributed by atoms with Crippen molar-refractivity contribution >= 4 is 60.9 Å². The summed E-state index contributed by atoms with van der Waals surface area (Å²) < 4.78 is 14.2. The molecule has 0 radical (unpaired) electrons. The molecule has 10 heteroatoms. The van der Waals surface area contributed by atoms with Crippen LogP contribution in [0, 0.1) is 0 Å². The number of hydrogen-bond donors (Lipinski definition) is 1. The summed E-state index contributed by atoms with van der Waals surface area (Å²) in [7, 11) is 1.59. The third kappa shape index (κ3) is 4.63. The van der Waals surface area contributed by atoms with Crippen LogP contribution in [-0.2, 0) is 4.79 Å². The number of allylic oxidation sites excluding steroid dienone is 1. The van der Waals surface area contributed by atoms with Gasteiger partial charge in [-0.2, -0.15) is 0 Å². The Morgan fingerprint density at radius 3 is 2.53 bits per heavy atom. The number of fused-ring (bicyclic) bond motifs is 1. The molecule has 0 saturated heterocycles. The van der Waals surface area contributed by atoms with Crippen LogP contribution in [0.25, 0.3) is 6.08 Å². The molecule has 182 valence electrons. The number of aromatic nitrogens is 1. The van der Waals surface area contributed by atoms with E-state index < -0.39 is 6.04 Å². The number of nitrogens with zero attached hydrogens (tertiary/aromatic N) is 2. The second-order valence-electron chi connectivity index (χ2n) is 7.95. The number of furan rings is 1. The molecule has 1 N–H and O–H groups in total. The van der Waals surface area contributed by atoms with E-state index in [1.807, 2.05) is 54.6 Å². The molecule has 1 aliphatic heterocycles. The van der Waals surface area contributed by atoms with Crippen LogP contribution in [0.3, 0.4) is 0 Å². The number of para-hydroxylation sites is 1. The van der Waals surface area contributed by atoms with E-state index in [1.54, 1.807) is 30.7 Å². The van der Waals surface area contributed by atoms with Crippen LogP contribution in [0.1, 0.15) is 24.3 Å². The van der Waals surface area contributed by atoms with Crippen LogP contribution in [-0.4, -0.2) is 17.6 Å². The van der Waals surface area contributed by atoms with Gasteiger partial charge in [-0.15, -0.1) is 0 Å². The smallest absolute Gasteiger partial charge is 0.271 e. The Hall–Kier alpha value is -3.21. The number of rotatable bonds is 5. The van der Waals surface area contributed by atoms with E-state index in [1.165, 1.54) is 11.3 Å². The fourth-order valence-electron chi connectivity index (χ4n) is 4.00. The molecule has 0 bridgehead atoms. The van der Waals surface area contributed by atoms with Crippen molar-refractivity contribution in [2.75, 3.05) is 12.4 Å². The van der Waals surface area contributed by atoms with E-state index in [0.29, 0.717) is 42.5 Å². The average Bonchev–Trinajstić information content (AvgIpc) is 3.35. The number of anilines is 1. The Morgan fingerprint density at radius 2 is 1.89 bits per heavy atom. The van der Waals surface area contributed by atoms with Gasteiger partial charge in [0.25, 0.3) is 11.5 Å². The van der Waals surface area contributed by atoms with Gasteiger partial charge in [0, 0.05) is 11.8 Å². The van der Waals surface area contributed by atoms with Gasteiger partial charge >= 0.3 is 0 Å². The fourth-order valence-corrected chi connectivity index (χ4v) is 5.63. The van der Waals surface area contributed by atoms with Gasteiger partial charge in [0.15, 0.2) is 9.47 Å². The molecule has 1 unspecified atom stereocenters. The number of hydrogen-bond acceptors (Lipinski definition) is 6. The third-order valence-electron chi connectivity index (χ3n) is 5.67. The predicted octanol–water partition coefficient (Wildman–Crippen LogP) is 5.00. The van der Waals surface area contributed by atoms with E-state index in [9.17, 15) is 9.59 Å². The van der Waals surface area contributed by atoms with E-state index in [0.717, 1.165) is 10.0 Å². The number of ether oxygens (including phenoxy) is 1. The number of thiazole rings is 1. The molecule has 1 atom stereocenters. The molecule has 5 rings (SSSR count). The molecule has 1 amide bonds. The van der Waals surface area contributed by atoms with Crippen molar-refractivity contribution in [3.8, 4) is 5.75 Å². The molecular weight excluding hydrogens is 610 g/mol. The Morgan fingerprint density at radius 1 is 1.17 bits per heavy atom. The minimum atomic E-state index is -0.673. The van der Waals surface area contributed by atoms with Gasteiger partial charge in [-0.1, -0.05) is 41.7 Å². The standard InChI is InChI=1S/C26H19Br2N3O4S/c1-14-21(24(32)30-16-6-4-3-5-7-16)22(15-8-10-17(34-2)11-9-15)31-25(33)20(36-26(31)29-14)13-18-12-19(27)23(28)35-18/h3-13,22H,1-2H3,(H,30,32)/b20-13+. The molecular formula is C26H19Br2N3O4S. The third-order valence-corrected chi connectivity index (χ3v) is 8.36. The van der Waals surface area contributed by atoms with Gasteiger partial charge in [-0.05, 0) is 74.7 Å². The van der Waals surface area contributed by atoms with Crippen molar-refractivity contribution in [3.63, 3.8) is 0 Å². The van der Waals surface area contributed by atoms with Gasteiger partial charge in [0.1, 0.15) is 11.5 Å². The number of benzene rings is 2. The first-order valence-electron chi connectivity index (χ1n) is 10.8. The summed E-state index contributed by atoms with van der Waals surface area (Å²) in [5.41, 5.74) is 2.09. The first-order chi connectivity index (χ1) is 17.4. The Kier molecular flexibility index (Phi) is 6.83. The van der Waals surface area contributed by atoms with E-state index in [-0.39, 0.29) is 11.5 Å².